The second-order valence-corrected chi connectivity index (χ2v) is 6.97. The highest BCUT2D eigenvalue weighted by Gasteiger charge is 2.21. The van der Waals surface area contributed by atoms with Crippen molar-refractivity contribution >= 4 is 22.9 Å². The largest absolute Gasteiger partial charge is 0.497 e. The third-order valence-electron chi connectivity index (χ3n) is 3.72. The zero-order chi connectivity index (χ0) is 17.8. The molecule has 0 radical (unpaired) electrons. The highest BCUT2D eigenvalue weighted by molar-refractivity contribution is 7.14. The number of hydrogen-bond donors (Lipinski definition) is 1. The Balaban J connectivity index is 1.96. The van der Waals surface area contributed by atoms with Crippen LogP contribution in [0.1, 0.15) is 34.4 Å². The molecule has 1 aromatic heterocycles. The molecule has 5 heteroatoms. The molecular weight excluding hydrogens is 332 g/mol. The van der Waals surface area contributed by atoms with Gasteiger partial charge in [-0.3, -0.25) is 4.79 Å². The van der Waals surface area contributed by atoms with Crippen LogP contribution in [0.25, 0.3) is 11.3 Å². The van der Waals surface area contributed by atoms with E-state index in [2.05, 4.69) is 19.2 Å². The van der Waals surface area contributed by atoms with E-state index < -0.39 is 0 Å². The van der Waals surface area contributed by atoms with Crippen molar-refractivity contribution in [3.05, 3.63) is 64.5 Å². The van der Waals surface area contributed by atoms with E-state index in [4.69, 9.17) is 9.72 Å². The molecule has 0 saturated heterocycles. The summed E-state index contributed by atoms with van der Waals surface area (Å²) in [6.45, 7) is 4.16. The maximum absolute atomic E-state index is 12.9. The van der Waals surface area contributed by atoms with Crippen molar-refractivity contribution in [1.29, 1.82) is 0 Å². The zero-order valence-electron chi connectivity index (χ0n) is 14.4. The molecule has 0 aliphatic carbocycles. The summed E-state index contributed by atoms with van der Waals surface area (Å²) in [5, 5.41) is 3.90. The quantitative estimate of drug-likeness (QED) is 0.687. The van der Waals surface area contributed by atoms with Crippen LogP contribution in [0.4, 0.5) is 5.69 Å². The molecule has 2 aromatic carbocycles. The second kappa shape index (κ2) is 7.49. The Morgan fingerprint density at radius 3 is 2.56 bits per heavy atom. The van der Waals surface area contributed by atoms with E-state index in [9.17, 15) is 4.79 Å². The van der Waals surface area contributed by atoms with E-state index in [1.807, 2.05) is 48.5 Å². The van der Waals surface area contributed by atoms with Gasteiger partial charge in [0.05, 0.1) is 17.8 Å². The summed E-state index contributed by atoms with van der Waals surface area (Å²) in [5.41, 5.74) is 2.37. The van der Waals surface area contributed by atoms with E-state index in [1.54, 1.807) is 13.2 Å². The summed E-state index contributed by atoms with van der Waals surface area (Å²) < 4.78 is 5.21. The Bertz CT molecular complexity index is 872. The molecule has 4 nitrogen and oxygen atoms in total. The average molecular weight is 352 g/mol. The topological polar surface area (TPSA) is 51.2 Å². The van der Waals surface area contributed by atoms with E-state index in [0.29, 0.717) is 16.3 Å². The van der Waals surface area contributed by atoms with Gasteiger partial charge in [-0.25, -0.2) is 4.98 Å². The van der Waals surface area contributed by atoms with Crippen LogP contribution >= 0.6 is 11.3 Å². The molecular formula is C20H20N2O2S. The van der Waals surface area contributed by atoms with E-state index in [-0.39, 0.29) is 11.8 Å². The molecule has 0 spiro atoms. The molecule has 3 aromatic rings. The fraction of sp³-hybridized carbons (Fsp3) is 0.200. The summed E-state index contributed by atoms with van der Waals surface area (Å²) in [4.78, 5) is 18.2. The van der Waals surface area contributed by atoms with Crippen LogP contribution in [0, 0.1) is 0 Å². The van der Waals surface area contributed by atoms with Crippen molar-refractivity contribution in [1.82, 2.24) is 4.98 Å². The lowest BCUT2D eigenvalue weighted by Crippen LogP contribution is -2.11. The number of nitrogens with zero attached hydrogens (tertiary/aromatic N) is 1. The summed E-state index contributed by atoms with van der Waals surface area (Å²) in [7, 11) is 1.60. The van der Waals surface area contributed by atoms with Gasteiger partial charge in [0, 0.05) is 23.2 Å². The summed E-state index contributed by atoms with van der Waals surface area (Å²) >= 11 is 1.45. The Morgan fingerprint density at radius 2 is 1.88 bits per heavy atom. The number of rotatable bonds is 5. The van der Waals surface area contributed by atoms with Gasteiger partial charge in [-0.2, -0.15) is 0 Å². The molecule has 0 bridgehead atoms. The molecule has 0 saturated carbocycles. The van der Waals surface area contributed by atoms with Gasteiger partial charge in [-0.15, -0.1) is 11.3 Å². The maximum Gasteiger partial charge on any atom is 0.268 e. The van der Waals surface area contributed by atoms with Crippen LogP contribution in [0.15, 0.2) is 54.6 Å². The van der Waals surface area contributed by atoms with Crippen LogP contribution in [0.2, 0.25) is 0 Å². The minimum Gasteiger partial charge on any atom is -0.497 e. The van der Waals surface area contributed by atoms with Crippen LogP contribution in [-0.4, -0.2) is 18.0 Å². The number of benzene rings is 2. The molecule has 1 N–H and O–H groups in total. The normalized spacial score (nSPS) is 10.7. The number of ether oxygens (including phenoxy) is 1. The van der Waals surface area contributed by atoms with Crippen LogP contribution in [0.5, 0.6) is 5.75 Å². The monoisotopic (exact) mass is 352 g/mol. The average Bonchev–Trinajstić information content (AvgIpc) is 3.08. The van der Waals surface area contributed by atoms with Crippen molar-refractivity contribution in [2.45, 2.75) is 19.8 Å². The Hall–Kier alpha value is -2.66. The predicted octanol–water partition coefficient (Wildman–Crippen LogP) is 5.19. The molecule has 0 atom stereocenters. The van der Waals surface area contributed by atoms with E-state index in [0.717, 1.165) is 16.3 Å². The second-order valence-electron chi connectivity index (χ2n) is 5.94. The van der Waals surface area contributed by atoms with Gasteiger partial charge in [0.15, 0.2) is 0 Å². The molecule has 1 amide bonds. The molecule has 1 heterocycles. The highest BCUT2D eigenvalue weighted by Crippen LogP contribution is 2.32. The lowest BCUT2D eigenvalue weighted by molar-refractivity contribution is 0.103. The number of methoxy groups -OCH3 is 1. The van der Waals surface area contributed by atoms with Gasteiger partial charge in [-0.05, 0) is 12.1 Å². The number of thiazole rings is 1. The SMILES string of the molecule is COc1cccc(NC(=O)c2sc(C(C)C)nc2-c2ccccc2)c1. The number of carbonyl (C=O) groups excluding carboxylic acids is 1. The van der Waals surface area contributed by atoms with Gasteiger partial charge in [-0.1, -0.05) is 50.2 Å². The van der Waals surface area contributed by atoms with Gasteiger partial charge >= 0.3 is 0 Å². The predicted molar refractivity (Wildman–Crippen MR) is 103 cm³/mol. The smallest absolute Gasteiger partial charge is 0.268 e. The molecule has 0 unspecified atom stereocenters. The highest BCUT2D eigenvalue weighted by atomic mass is 32.1. The van der Waals surface area contributed by atoms with Crippen LogP contribution in [-0.2, 0) is 0 Å². The molecule has 128 valence electrons. The lowest BCUT2D eigenvalue weighted by atomic mass is 10.1. The lowest BCUT2D eigenvalue weighted by Gasteiger charge is -2.07. The van der Waals surface area contributed by atoms with Crippen molar-refractivity contribution in [3.63, 3.8) is 0 Å². The number of aromatic nitrogens is 1. The first-order valence-electron chi connectivity index (χ1n) is 8.10. The third kappa shape index (κ3) is 3.88. The van der Waals surface area contributed by atoms with E-state index in [1.165, 1.54) is 11.3 Å². The zero-order valence-corrected chi connectivity index (χ0v) is 15.3. The molecule has 3 rings (SSSR count). The number of nitrogens with one attached hydrogen (secondary N) is 1. The number of anilines is 1. The number of amides is 1. The fourth-order valence-corrected chi connectivity index (χ4v) is 3.40. The van der Waals surface area contributed by atoms with Gasteiger partial charge in [0.1, 0.15) is 10.6 Å². The molecule has 25 heavy (non-hydrogen) atoms. The van der Waals surface area contributed by atoms with Crippen molar-refractivity contribution in [3.8, 4) is 17.0 Å². The van der Waals surface area contributed by atoms with Gasteiger partial charge in [0.2, 0.25) is 0 Å². The van der Waals surface area contributed by atoms with Crippen LogP contribution < -0.4 is 10.1 Å². The summed E-state index contributed by atoms with van der Waals surface area (Å²) in [6, 6.07) is 17.1. The van der Waals surface area contributed by atoms with Crippen molar-refractivity contribution in [2.75, 3.05) is 12.4 Å². The van der Waals surface area contributed by atoms with Gasteiger partial charge < -0.3 is 10.1 Å². The first-order chi connectivity index (χ1) is 12.1. The Labute approximate surface area is 151 Å². The fourth-order valence-electron chi connectivity index (χ4n) is 2.42. The van der Waals surface area contributed by atoms with Crippen molar-refractivity contribution < 1.29 is 9.53 Å². The molecule has 0 aliphatic rings. The molecule has 0 aliphatic heterocycles. The Morgan fingerprint density at radius 1 is 1.12 bits per heavy atom. The summed E-state index contributed by atoms with van der Waals surface area (Å²) in [5.74, 6) is 0.815. The van der Waals surface area contributed by atoms with E-state index >= 15 is 0 Å². The first-order valence-corrected chi connectivity index (χ1v) is 8.91. The third-order valence-corrected chi connectivity index (χ3v) is 5.07. The maximum atomic E-state index is 12.9. The van der Waals surface area contributed by atoms with Crippen molar-refractivity contribution in [2.24, 2.45) is 0 Å². The standard InChI is InChI=1S/C20H20N2O2S/c1-13(2)20-22-17(14-8-5-4-6-9-14)18(25-20)19(23)21-15-10-7-11-16(12-15)24-3/h4-13H,1-3H3,(H,21,23). The minimum atomic E-state index is -0.156. The Kier molecular flexibility index (Phi) is 5.14. The van der Waals surface area contributed by atoms with Gasteiger partial charge in [0.25, 0.3) is 5.91 Å². The molecule has 0 fully saturated rings. The number of hydrogen-bond acceptors (Lipinski definition) is 4. The minimum absolute atomic E-state index is 0.156. The van der Waals surface area contributed by atoms with Crippen LogP contribution in [0.3, 0.4) is 0 Å². The number of carbonyl (C=O) groups is 1. The first kappa shape index (κ1) is 17.2. The summed E-state index contributed by atoms with van der Waals surface area (Å²) in [6.07, 6.45) is 0.